The normalized spacial score (nSPS) is 27.4. The topological polar surface area (TPSA) is 105 Å². The first-order valence-corrected chi connectivity index (χ1v) is 18.6. The van der Waals surface area contributed by atoms with Crippen LogP contribution in [-0.2, 0) is 19.0 Å². The first-order chi connectivity index (χ1) is 21.4. The van der Waals surface area contributed by atoms with Crippen LogP contribution in [0.4, 0.5) is 0 Å². The Labute approximate surface area is 268 Å². The summed E-state index contributed by atoms with van der Waals surface area (Å²) in [5.74, 6) is -0.123. The third-order valence-electron chi connectivity index (χ3n) is 10.1. The number of ether oxygens (including phenoxy) is 3. The van der Waals surface area contributed by atoms with Crippen LogP contribution in [0.1, 0.15) is 168 Å². The summed E-state index contributed by atoms with van der Waals surface area (Å²) in [4.78, 5) is 11.6. The SMILES string of the molecule is CCCCCC[C@H](O)CCC[C@H](O)[C@H]1CC[C@H]([C@H]2CCC([C@H](O)CCCCCCCCCCCCC3=C[C@H](C)OC3=O)O2)O1. The van der Waals surface area contributed by atoms with Crippen molar-refractivity contribution in [2.24, 2.45) is 0 Å². The molecule has 7 nitrogen and oxygen atoms in total. The molecule has 3 rings (SSSR count). The third kappa shape index (κ3) is 14.2. The number of aliphatic hydroxyl groups is 3. The molecule has 0 radical (unpaired) electrons. The number of esters is 1. The molecule has 7 heteroatoms. The zero-order chi connectivity index (χ0) is 31.6. The Balaban J connectivity index is 1.13. The molecule has 3 heterocycles. The predicted molar refractivity (Wildman–Crippen MR) is 175 cm³/mol. The molecule has 256 valence electrons. The molecule has 0 aromatic rings. The van der Waals surface area contributed by atoms with Gasteiger partial charge in [-0.3, -0.25) is 0 Å². The maximum atomic E-state index is 11.6. The number of carbonyl (C=O) groups excluding carboxylic acids is 1. The average Bonchev–Trinajstić information content (AvgIpc) is 3.76. The van der Waals surface area contributed by atoms with Crippen molar-refractivity contribution in [1.82, 2.24) is 0 Å². The number of aliphatic hydroxyl groups excluding tert-OH is 3. The van der Waals surface area contributed by atoms with Crippen LogP contribution >= 0.6 is 0 Å². The second-order valence-corrected chi connectivity index (χ2v) is 14.0. The smallest absolute Gasteiger partial charge is 0.334 e. The molecule has 0 aliphatic carbocycles. The lowest BCUT2D eigenvalue weighted by Crippen LogP contribution is -2.33. The molecule has 1 unspecified atom stereocenters. The first kappa shape index (κ1) is 37.5. The van der Waals surface area contributed by atoms with Gasteiger partial charge in [-0.1, -0.05) is 90.4 Å². The number of cyclic esters (lactones) is 1. The molecular weight excluding hydrogens is 556 g/mol. The molecule has 0 bridgehead atoms. The summed E-state index contributed by atoms with van der Waals surface area (Å²) in [5.41, 5.74) is 0.863. The van der Waals surface area contributed by atoms with E-state index in [0.717, 1.165) is 89.0 Å². The fourth-order valence-electron chi connectivity index (χ4n) is 7.28. The van der Waals surface area contributed by atoms with Gasteiger partial charge in [-0.15, -0.1) is 0 Å². The maximum Gasteiger partial charge on any atom is 0.334 e. The van der Waals surface area contributed by atoms with Gasteiger partial charge in [0.05, 0.1) is 42.7 Å². The van der Waals surface area contributed by atoms with Crippen molar-refractivity contribution < 1.29 is 34.3 Å². The number of hydrogen-bond donors (Lipinski definition) is 3. The van der Waals surface area contributed by atoms with Crippen LogP contribution in [0.25, 0.3) is 0 Å². The fourth-order valence-corrected chi connectivity index (χ4v) is 7.28. The van der Waals surface area contributed by atoms with Gasteiger partial charge >= 0.3 is 5.97 Å². The van der Waals surface area contributed by atoms with Gasteiger partial charge in [-0.2, -0.15) is 0 Å². The minimum absolute atomic E-state index is 0.0170. The molecule has 0 amide bonds. The van der Waals surface area contributed by atoms with Gasteiger partial charge in [-0.25, -0.2) is 4.79 Å². The van der Waals surface area contributed by atoms with E-state index in [-0.39, 0.29) is 42.6 Å². The van der Waals surface area contributed by atoms with E-state index in [2.05, 4.69) is 6.92 Å². The Morgan fingerprint density at radius 2 is 1.14 bits per heavy atom. The molecule has 2 fully saturated rings. The van der Waals surface area contributed by atoms with E-state index < -0.39 is 12.2 Å². The molecule has 0 aromatic carbocycles. The van der Waals surface area contributed by atoms with Crippen molar-refractivity contribution in [2.75, 3.05) is 0 Å². The van der Waals surface area contributed by atoms with Gasteiger partial charge < -0.3 is 29.5 Å². The quantitative estimate of drug-likeness (QED) is 0.0703. The van der Waals surface area contributed by atoms with E-state index in [0.29, 0.717) is 6.42 Å². The average molecular weight is 623 g/mol. The van der Waals surface area contributed by atoms with E-state index in [1.165, 1.54) is 64.2 Å². The van der Waals surface area contributed by atoms with Crippen LogP contribution in [0, 0.1) is 0 Å². The molecule has 44 heavy (non-hydrogen) atoms. The zero-order valence-electron chi connectivity index (χ0n) is 28.1. The molecule has 3 N–H and O–H groups in total. The highest BCUT2D eigenvalue weighted by Crippen LogP contribution is 2.34. The highest BCUT2D eigenvalue weighted by atomic mass is 16.6. The minimum Gasteiger partial charge on any atom is -0.455 e. The van der Waals surface area contributed by atoms with Crippen molar-refractivity contribution >= 4 is 5.97 Å². The highest BCUT2D eigenvalue weighted by molar-refractivity contribution is 5.90. The zero-order valence-corrected chi connectivity index (χ0v) is 28.1. The lowest BCUT2D eigenvalue weighted by atomic mass is 9.99. The lowest BCUT2D eigenvalue weighted by molar-refractivity contribution is -0.139. The van der Waals surface area contributed by atoms with E-state index in [4.69, 9.17) is 14.2 Å². The monoisotopic (exact) mass is 622 g/mol. The van der Waals surface area contributed by atoms with Crippen LogP contribution in [0.5, 0.6) is 0 Å². The summed E-state index contributed by atoms with van der Waals surface area (Å²) in [6, 6.07) is 0. The number of rotatable bonds is 25. The van der Waals surface area contributed by atoms with Crippen molar-refractivity contribution in [2.45, 2.75) is 217 Å². The van der Waals surface area contributed by atoms with Crippen molar-refractivity contribution in [1.29, 1.82) is 0 Å². The van der Waals surface area contributed by atoms with Gasteiger partial charge in [0, 0.05) is 5.57 Å². The summed E-state index contributed by atoms with van der Waals surface area (Å²) < 4.78 is 17.7. The van der Waals surface area contributed by atoms with E-state index >= 15 is 0 Å². The summed E-state index contributed by atoms with van der Waals surface area (Å²) in [6.45, 7) is 4.11. The van der Waals surface area contributed by atoms with Crippen LogP contribution < -0.4 is 0 Å². The van der Waals surface area contributed by atoms with Crippen LogP contribution in [0.2, 0.25) is 0 Å². The maximum absolute atomic E-state index is 11.6. The minimum atomic E-state index is -0.479. The van der Waals surface area contributed by atoms with Gasteiger partial charge in [0.2, 0.25) is 0 Å². The summed E-state index contributed by atoms with van der Waals surface area (Å²) >= 11 is 0. The predicted octanol–water partition coefficient (Wildman–Crippen LogP) is 7.86. The molecule has 3 aliphatic rings. The molecule has 2 saturated heterocycles. The Kier molecular flexibility index (Phi) is 18.5. The van der Waals surface area contributed by atoms with Gasteiger partial charge in [0.15, 0.2) is 0 Å². The number of unbranched alkanes of at least 4 members (excludes halogenated alkanes) is 12. The molecule has 0 saturated carbocycles. The molecule has 0 spiro atoms. The lowest BCUT2D eigenvalue weighted by Gasteiger charge is -2.24. The molecule has 3 aliphatic heterocycles. The standard InChI is InChI=1S/C37H66O7/c1-3-4-5-15-19-30(38)20-17-22-32(40)34-24-26-36(44-34)35-25-23-33(43-35)31(39)21-16-13-11-9-7-6-8-10-12-14-18-29-27-28(2)42-37(29)41/h27-28,30-36,38-40H,3-26H2,1-2H3/t28-,30-,31+,32-,33?,34+,35+,36+/m0/s1. The largest absolute Gasteiger partial charge is 0.455 e. The Morgan fingerprint density at radius 3 is 1.68 bits per heavy atom. The van der Waals surface area contributed by atoms with Crippen LogP contribution in [-0.4, -0.2) is 70.1 Å². The van der Waals surface area contributed by atoms with Crippen LogP contribution in [0.15, 0.2) is 11.6 Å². The van der Waals surface area contributed by atoms with E-state index in [1.54, 1.807) is 0 Å². The Bertz CT molecular complexity index is 801. The van der Waals surface area contributed by atoms with Crippen molar-refractivity contribution in [3.05, 3.63) is 11.6 Å². The van der Waals surface area contributed by atoms with E-state index in [9.17, 15) is 20.1 Å². The second-order valence-electron chi connectivity index (χ2n) is 14.0. The van der Waals surface area contributed by atoms with Gasteiger partial charge in [-0.05, 0) is 83.6 Å². The fraction of sp³-hybridized carbons (Fsp3) is 0.919. The van der Waals surface area contributed by atoms with Crippen molar-refractivity contribution in [3.63, 3.8) is 0 Å². The summed E-state index contributed by atoms with van der Waals surface area (Å²) in [6.07, 6.45) is 25.7. The highest BCUT2D eigenvalue weighted by Gasteiger charge is 2.40. The first-order valence-electron chi connectivity index (χ1n) is 18.6. The molecular formula is C37H66O7. The van der Waals surface area contributed by atoms with Gasteiger partial charge in [0.25, 0.3) is 0 Å². The molecule has 8 atom stereocenters. The second kappa shape index (κ2) is 21.7. The van der Waals surface area contributed by atoms with Crippen molar-refractivity contribution in [3.8, 4) is 0 Å². The third-order valence-corrected chi connectivity index (χ3v) is 10.1. The molecule has 0 aromatic heterocycles. The Morgan fingerprint density at radius 1 is 0.659 bits per heavy atom. The van der Waals surface area contributed by atoms with E-state index in [1.807, 2.05) is 13.0 Å². The van der Waals surface area contributed by atoms with Crippen LogP contribution in [0.3, 0.4) is 0 Å². The van der Waals surface area contributed by atoms with Gasteiger partial charge in [0.1, 0.15) is 6.10 Å². The summed E-state index contributed by atoms with van der Waals surface area (Å²) in [7, 11) is 0. The number of hydrogen-bond acceptors (Lipinski definition) is 7. The number of carbonyl (C=O) groups is 1. The Hall–Kier alpha value is -0.990. The summed E-state index contributed by atoms with van der Waals surface area (Å²) in [5, 5.41) is 31.6.